The molecule has 0 aliphatic heterocycles. The normalized spacial score (nSPS) is 11.9. The summed E-state index contributed by atoms with van der Waals surface area (Å²) in [5.41, 5.74) is 0.736. The SMILES string of the molecule is COc1cc(/C=c2/sc3nc(=O)c(-c4ccccc4)nn3c2=O)ccc1OCC(C)C. The van der Waals surface area contributed by atoms with Crippen LogP contribution in [0.5, 0.6) is 11.5 Å². The molecule has 0 radical (unpaired) electrons. The van der Waals surface area contributed by atoms with E-state index >= 15 is 0 Å². The van der Waals surface area contributed by atoms with Gasteiger partial charge in [-0.25, -0.2) is 0 Å². The highest BCUT2D eigenvalue weighted by Crippen LogP contribution is 2.28. The van der Waals surface area contributed by atoms with Crippen molar-refractivity contribution in [1.82, 2.24) is 14.6 Å². The van der Waals surface area contributed by atoms with Crippen molar-refractivity contribution in [2.45, 2.75) is 13.8 Å². The van der Waals surface area contributed by atoms with Crippen molar-refractivity contribution in [1.29, 1.82) is 0 Å². The maximum Gasteiger partial charge on any atom is 0.300 e. The van der Waals surface area contributed by atoms with E-state index < -0.39 is 5.56 Å². The van der Waals surface area contributed by atoms with E-state index in [0.717, 1.165) is 16.9 Å². The second kappa shape index (κ2) is 8.69. The summed E-state index contributed by atoms with van der Waals surface area (Å²) in [6, 6.07) is 14.4. The van der Waals surface area contributed by atoms with E-state index in [4.69, 9.17) is 9.47 Å². The van der Waals surface area contributed by atoms with E-state index in [9.17, 15) is 9.59 Å². The fourth-order valence-corrected chi connectivity index (χ4v) is 3.89. The third-order valence-electron chi connectivity index (χ3n) is 4.49. The predicted octanol–water partition coefficient (Wildman–Crippen LogP) is 2.77. The van der Waals surface area contributed by atoms with Crippen LogP contribution in [0.15, 0.2) is 58.1 Å². The Morgan fingerprint density at radius 1 is 1.10 bits per heavy atom. The lowest BCUT2D eigenvalue weighted by Crippen LogP contribution is -2.26. The van der Waals surface area contributed by atoms with Crippen molar-refractivity contribution in [2.75, 3.05) is 13.7 Å². The minimum absolute atomic E-state index is 0.146. The van der Waals surface area contributed by atoms with Gasteiger partial charge in [-0.05, 0) is 29.7 Å². The van der Waals surface area contributed by atoms with Gasteiger partial charge in [0.25, 0.3) is 5.56 Å². The van der Waals surface area contributed by atoms with Gasteiger partial charge in [0.2, 0.25) is 4.96 Å². The maximum absolute atomic E-state index is 12.9. The quantitative estimate of drug-likeness (QED) is 0.463. The Hall–Kier alpha value is -3.52. The summed E-state index contributed by atoms with van der Waals surface area (Å²) in [4.78, 5) is 29.6. The molecule has 0 amide bonds. The van der Waals surface area contributed by atoms with Crippen LogP contribution in [0, 0.1) is 5.92 Å². The summed E-state index contributed by atoms with van der Waals surface area (Å²) in [5.74, 6) is 1.62. The van der Waals surface area contributed by atoms with Crippen LogP contribution >= 0.6 is 11.3 Å². The Kier molecular flexibility index (Phi) is 5.81. The number of benzene rings is 2. The second-order valence-electron chi connectivity index (χ2n) is 7.36. The molecule has 0 saturated heterocycles. The van der Waals surface area contributed by atoms with Crippen molar-refractivity contribution in [2.24, 2.45) is 5.92 Å². The summed E-state index contributed by atoms with van der Waals surface area (Å²) >= 11 is 1.12. The number of ether oxygens (including phenoxy) is 2. The van der Waals surface area contributed by atoms with E-state index in [1.807, 2.05) is 18.2 Å². The molecule has 0 atom stereocenters. The van der Waals surface area contributed by atoms with Crippen molar-refractivity contribution < 1.29 is 9.47 Å². The van der Waals surface area contributed by atoms with Gasteiger partial charge in [0.15, 0.2) is 17.2 Å². The summed E-state index contributed by atoms with van der Waals surface area (Å²) < 4.78 is 12.8. The number of methoxy groups -OCH3 is 1. The minimum atomic E-state index is -0.465. The second-order valence-corrected chi connectivity index (χ2v) is 8.37. The Labute approximate surface area is 182 Å². The minimum Gasteiger partial charge on any atom is -0.493 e. The Balaban J connectivity index is 1.77. The van der Waals surface area contributed by atoms with Gasteiger partial charge in [-0.3, -0.25) is 9.59 Å². The molecule has 0 N–H and O–H groups in total. The number of hydrogen-bond acceptors (Lipinski definition) is 7. The average molecular weight is 436 g/mol. The molecule has 2 heterocycles. The smallest absolute Gasteiger partial charge is 0.300 e. The van der Waals surface area contributed by atoms with Gasteiger partial charge in [-0.1, -0.05) is 61.6 Å². The van der Waals surface area contributed by atoms with Gasteiger partial charge >= 0.3 is 5.56 Å². The number of hydrogen-bond donors (Lipinski definition) is 0. The van der Waals surface area contributed by atoms with Crippen molar-refractivity contribution >= 4 is 22.4 Å². The lowest BCUT2D eigenvalue weighted by molar-refractivity contribution is 0.257. The van der Waals surface area contributed by atoms with Crippen molar-refractivity contribution in [3.8, 4) is 22.8 Å². The number of nitrogens with zero attached hydrogens (tertiary/aromatic N) is 3. The molecule has 2 aromatic carbocycles. The van der Waals surface area contributed by atoms with Crippen LogP contribution in [-0.4, -0.2) is 28.3 Å². The summed E-state index contributed by atoms with van der Waals surface area (Å²) in [6.45, 7) is 4.72. The highest BCUT2D eigenvalue weighted by molar-refractivity contribution is 7.15. The molecule has 8 heteroatoms. The molecule has 4 rings (SSSR count). The number of aromatic nitrogens is 3. The maximum atomic E-state index is 12.9. The standard InChI is InChI=1S/C23H21N3O4S/c1-14(2)13-30-17-10-9-15(11-18(17)29-3)12-19-22(28)26-23(31-19)24-21(27)20(25-26)16-7-5-4-6-8-16/h4-12,14H,13H2,1-3H3/b19-12+. The molecule has 0 unspecified atom stereocenters. The first-order valence-electron chi connectivity index (χ1n) is 9.78. The zero-order valence-electron chi connectivity index (χ0n) is 17.4. The van der Waals surface area contributed by atoms with Gasteiger partial charge in [0.1, 0.15) is 0 Å². The topological polar surface area (TPSA) is 82.8 Å². The van der Waals surface area contributed by atoms with Gasteiger partial charge < -0.3 is 9.47 Å². The van der Waals surface area contributed by atoms with Gasteiger partial charge in [0.05, 0.1) is 18.2 Å². The van der Waals surface area contributed by atoms with Crippen LogP contribution in [-0.2, 0) is 0 Å². The van der Waals surface area contributed by atoms with Gasteiger partial charge in [0, 0.05) is 5.56 Å². The molecule has 0 aliphatic rings. The molecule has 4 aromatic rings. The summed E-state index contributed by atoms with van der Waals surface area (Å²) in [7, 11) is 1.57. The first kappa shape index (κ1) is 20.7. The molecule has 158 valence electrons. The third-order valence-corrected chi connectivity index (χ3v) is 5.45. The van der Waals surface area contributed by atoms with Crippen LogP contribution in [0.2, 0.25) is 0 Å². The first-order chi connectivity index (χ1) is 15.0. The summed E-state index contributed by atoms with van der Waals surface area (Å²) in [6.07, 6.45) is 1.73. The number of thiazole rings is 1. The van der Waals surface area contributed by atoms with Gasteiger partial charge in [-0.15, -0.1) is 0 Å². The third kappa shape index (κ3) is 4.34. The molecule has 0 aliphatic carbocycles. The van der Waals surface area contributed by atoms with Crippen LogP contribution in [0.1, 0.15) is 19.4 Å². The Morgan fingerprint density at radius 3 is 2.58 bits per heavy atom. The van der Waals surface area contributed by atoms with E-state index in [1.165, 1.54) is 4.52 Å². The molecule has 0 bridgehead atoms. The monoisotopic (exact) mass is 435 g/mol. The Morgan fingerprint density at radius 2 is 1.87 bits per heavy atom. The fourth-order valence-electron chi connectivity index (χ4n) is 2.99. The van der Waals surface area contributed by atoms with E-state index in [-0.39, 0.29) is 16.2 Å². The van der Waals surface area contributed by atoms with Crippen molar-refractivity contribution in [3.63, 3.8) is 0 Å². The number of fused-ring (bicyclic) bond motifs is 1. The van der Waals surface area contributed by atoms with Crippen molar-refractivity contribution in [3.05, 3.63) is 79.3 Å². The van der Waals surface area contributed by atoms with E-state index in [0.29, 0.717) is 34.1 Å². The first-order valence-corrected chi connectivity index (χ1v) is 10.6. The van der Waals surface area contributed by atoms with E-state index in [1.54, 1.807) is 43.5 Å². The summed E-state index contributed by atoms with van der Waals surface area (Å²) in [5, 5.41) is 4.27. The molecular weight excluding hydrogens is 414 g/mol. The molecule has 7 nitrogen and oxygen atoms in total. The molecule has 31 heavy (non-hydrogen) atoms. The lowest BCUT2D eigenvalue weighted by Gasteiger charge is -2.12. The largest absolute Gasteiger partial charge is 0.493 e. The highest BCUT2D eigenvalue weighted by Gasteiger charge is 2.13. The molecule has 0 saturated carbocycles. The van der Waals surface area contributed by atoms with Crippen LogP contribution in [0.4, 0.5) is 0 Å². The molecule has 0 spiro atoms. The zero-order valence-corrected chi connectivity index (χ0v) is 18.2. The highest BCUT2D eigenvalue weighted by atomic mass is 32.1. The zero-order chi connectivity index (χ0) is 22.0. The van der Waals surface area contributed by atoms with E-state index in [2.05, 4.69) is 23.9 Å². The molecule has 2 aromatic heterocycles. The fraction of sp³-hybridized carbons (Fsp3) is 0.217. The van der Waals surface area contributed by atoms with Crippen LogP contribution < -0.4 is 25.1 Å². The predicted molar refractivity (Wildman–Crippen MR) is 121 cm³/mol. The van der Waals surface area contributed by atoms with Gasteiger partial charge in [-0.2, -0.15) is 14.6 Å². The lowest BCUT2D eigenvalue weighted by atomic mass is 10.2. The van der Waals surface area contributed by atoms with Crippen LogP contribution in [0.3, 0.4) is 0 Å². The molecular formula is C23H21N3O4S. The Bertz CT molecular complexity index is 1390. The number of rotatable bonds is 6. The van der Waals surface area contributed by atoms with Crippen LogP contribution in [0.25, 0.3) is 22.3 Å². The average Bonchev–Trinajstić information content (AvgIpc) is 3.06. The molecule has 0 fully saturated rings.